The summed E-state index contributed by atoms with van der Waals surface area (Å²) in [4.78, 5) is 27.7. The molecule has 0 saturated carbocycles. The lowest BCUT2D eigenvalue weighted by atomic mass is 9.93. The Balaban J connectivity index is 1.24. The number of hydrogen-bond acceptors (Lipinski definition) is 9. The van der Waals surface area contributed by atoms with Gasteiger partial charge in [-0.2, -0.15) is 0 Å². The van der Waals surface area contributed by atoms with Crippen molar-refractivity contribution in [2.45, 2.75) is 62.2 Å². The molecular formula is C37H36F2N8O2. The number of amides is 1. The number of rotatable bonds is 4. The summed E-state index contributed by atoms with van der Waals surface area (Å²) in [6.45, 7) is 2.65. The minimum atomic E-state index is -0.693. The summed E-state index contributed by atoms with van der Waals surface area (Å²) in [7, 11) is 3.33. The van der Waals surface area contributed by atoms with Crippen LogP contribution in [0.3, 0.4) is 0 Å². The van der Waals surface area contributed by atoms with Crippen LogP contribution in [0.5, 0.6) is 0 Å². The number of terminal acetylenes is 1. The number of anilines is 1. The lowest BCUT2D eigenvalue weighted by Gasteiger charge is -2.46. The normalized spacial score (nSPS) is 24.5. The summed E-state index contributed by atoms with van der Waals surface area (Å²) in [6, 6.07) is 8.66. The number of nitrogens with zero attached hydrogens (tertiary/aromatic N) is 7. The van der Waals surface area contributed by atoms with E-state index >= 15 is 4.39 Å². The zero-order valence-electron chi connectivity index (χ0n) is 27.5. The molecule has 2 aromatic carbocycles. The molecule has 49 heavy (non-hydrogen) atoms. The Morgan fingerprint density at radius 3 is 2.76 bits per heavy atom. The lowest BCUT2D eigenvalue weighted by Crippen LogP contribution is -2.61. The van der Waals surface area contributed by atoms with Crippen LogP contribution < -0.4 is 10.2 Å². The van der Waals surface area contributed by atoms with Crippen molar-refractivity contribution in [3.63, 3.8) is 0 Å². The van der Waals surface area contributed by atoms with Crippen LogP contribution in [0.15, 0.2) is 30.3 Å². The van der Waals surface area contributed by atoms with Crippen LogP contribution in [0, 0.1) is 35.8 Å². The number of fused-ring (bicyclic) bond motifs is 6. The molecule has 5 fully saturated rings. The Kier molecular flexibility index (Phi) is 7.81. The molecule has 9 rings (SSSR count). The number of piperidine rings is 2. The van der Waals surface area contributed by atoms with Gasteiger partial charge in [-0.15, -0.1) is 16.6 Å². The molecular weight excluding hydrogens is 626 g/mol. The molecule has 0 aliphatic carbocycles. The average Bonchev–Trinajstić information content (AvgIpc) is 3.69. The molecule has 2 aromatic heterocycles. The predicted molar refractivity (Wildman–Crippen MR) is 182 cm³/mol. The van der Waals surface area contributed by atoms with Crippen LogP contribution in [-0.4, -0.2) is 100 Å². The van der Waals surface area contributed by atoms with Gasteiger partial charge in [0.25, 0.3) is 0 Å². The number of hydrogen-bond donors (Lipinski definition) is 1. The molecule has 7 heterocycles. The maximum atomic E-state index is 16.9. The number of benzene rings is 2. The number of carbonyl (C=O) groups excluding carboxylic acids is 1. The van der Waals surface area contributed by atoms with Crippen molar-refractivity contribution in [3.8, 4) is 35.4 Å². The summed E-state index contributed by atoms with van der Waals surface area (Å²) in [5.74, 6) is 8.63. The molecule has 10 nitrogen and oxygen atoms in total. The highest BCUT2D eigenvalue weighted by Crippen LogP contribution is 2.42. The summed E-state index contributed by atoms with van der Waals surface area (Å²) < 4.78 is 37.3. The molecule has 4 atom stereocenters. The van der Waals surface area contributed by atoms with E-state index in [9.17, 15) is 9.18 Å². The molecule has 5 aliphatic rings. The van der Waals surface area contributed by atoms with Gasteiger partial charge < -0.3 is 19.9 Å². The zero-order valence-corrected chi connectivity index (χ0v) is 27.5. The van der Waals surface area contributed by atoms with Gasteiger partial charge >= 0.3 is 6.09 Å². The molecule has 5 aliphatic heterocycles. The summed E-state index contributed by atoms with van der Waals surface area (Å²) in [5, 5.41) is 13.5. The predicted octanol–water partition coefficient (Wildman–Crippen LogP) is 4.49. The van der Waals surface area contributed by atoms with Gasteiger partial charge in [0.2, 0.25) is 5.82 Å². The number of carbonyl (C=O) groups is 1. The molecule has 5 saturated heterocycles. The van der Waals surface area contributed by atoms with E-state index in [1.807, 2.05) is 0 Å². The maximum absolute atomic E-state index is 16.9. The van der Waals surface area contributed by atoms with Crippen molar-refractivity contribution in [1.82, 2.24) is 35.3 Å². The van der Waals surface area contributed by atoms with E-state index in [-0.39, 0.29) is 52.3 Å². The zero-order chi connectivity index (χ0) is 33.9. The third-order valence-corrected chi connectivity index (χ3v) is 10.6. The van der Waals surface area contributed by atoms with Gasteiger partial charge in [-0.25, -0.2) is 23.5 Å². The van der Waals surface area contributed by atoms with Crippen molar-refractivity contribution in [2.75, 3.05) is 45.2 Å². The topological polar surface area (TPSA) is 99.6 Å². The van der Waals surface area contributed by atoms with Gasteiger partial charge in [0.05, 0.1) is 11.1 Å². The minimum absolute atomic E-state index is 0.00467. The van der Waals surface area contributed by atoms with Crippen molar-refractivity contribution < 1.29 is 18.3 Å². The van der Waals surface area contributed by atoms with Gasteiger partial charge in [0.1, 0.15) is 23.6 Å². The fraction of sp³-hybridized carbons (Fsp3) is 0.432. The molecule has 0 radical (unpaired) electrons. The second-order valence-electron chi connectivity index (χ2n) is 13.6. The number of ether oxygens (including phenoxy) is 1. The third kappa shape index (κ3) is 5.31. The highest BCUT2D eigenvalue weighted by atomic mass is 19.1. The van der Waals surface area contributed by atoms with E-state index in [1.54, 1.807) is 38.4 Å². The first kappa shape index (κ1) is 31.4. The van der Waals surface area contributed by atoms with Crippen LogP contribution in [0.2, 0.25) is 0 Å². The Hall–Kier alpha value is -4.91. The maximum Gasteiger partial charge on any atom is 0.409 e. The number of halogens is 2. The Morgan fingerprint density at radius 1 is 1.12 bits per heavy atom. The van der Waals surface area contributed by atoms with Gasteiger partial charge in [-0.3, -0.25) is 4.90 Å². The van der Waals surface area contributed by atoms with Crippen LogP contribution >= 0.6 is 0 Å². The van der Waals surface area contributed by atoms with Gasteiger partial charge in [0.15, 0.2) is 17.2 Å². The van der Waals surface area contributed by atoms with E-state index < -0.39 is 17.2 Å². The Labute approximate surface area is 283 Å². The molecule has 2 bridgehead atoms. The Morgan fingerprint density at radius 2 is 2.00 bits per heavy atom. The van der Waals surface area contributed by atoms with Crippen molar-refractivity contribution in [3.05, 3.63) is 53.4 Å². The third-order valence-electron chi connectivity index (χ3n) is 10.6. The monoisotopic (exact) mass is 662 g/mol. The van der Waals surface area contributed by atoms with Crippen LogP contribution in [0.25, 0.3) is 33.1 Å². The molecule has 0 unspecified atom stereocenters. The van der Waals surface area contributed by atoms with Crippen LogP contribution in [0.4, 0.5) is 19.4 Å². The van der Waals surface area contributed by atoms with Gasteiger partial charge in [-0.1, -0.05) is 36.1 Å². The molecule has 12 heteroatoms. The van der Waals surface area contributed by atoms with Crippen LogP contribution in [0.1, 0.15) is 49.9 Å². The second kappa shape index (κ2) is 12.2. The molecule has 1 amide bonds. The molecule has 250 valence electrons. The number of piperazine rings is 1. The standard InChI is InChI=1S/C37H36F2N8O2/c1-4-26-28(38)12-9-22-7-5-8-27(30(22)26)32-31(39)33-34(44-43-32)35(46-20-23-10-11-24(46)19-40-23)42-29(41-33)14-17-37-15-6-18-47(37)25(13-16-37)21-49-36(48)45(2)3/h1,5,7-9,12,23-25,40H,6,10-11,13,15-16,18-21H2,2-3H3/t23-,24-,25-,37-/m1/s1. The molecule has 1 N–H and O–H groups in total. The van der Waals surface area contributed by atoms with Crippen molar-refractivity contribution in [1.29, 1.82) is 0 Å². The summed E-state index contributed by atoms with van der Waals surface area (Å²) in [5.41, 5.74) is 0.154. The van der Waals surface area contributed by atoms with E-state index in [0.717, 1.165) is 51.6 Å². The fourth-order valence-electron chi connectivity index (χ4n) is 8.13. The van der Waals surface area contributed by atoms with E-state index in [0.29, 0.717) is 35.3 Å². The SMILES string of the molecule is C#Cc1c(F)ccc2cccc(-c3nnc4c(N5C[C@H]6CC[C@@H]5CN6)nc(C#C[C@]56CCCN5[C@@H](COC(=O)N(C)C)CC6)nc4c3F)c12. The first-order valence-electron chi connectivity index (χ1n) is 16.8. The minimum Gasteiger partial charge on any atom is -0.448 e. The largest absolute Gasteiger partial charge is 0.448 e. The van der Waals surface area contributed by atoms with Crippen molar-refractivity contribution >= 4 is 33.7 Å². The van der Waals surface area contributed by atoms with E-state index in [2.05, 4.69) is 48.1 Å². The van der Waals surface area contributed by atoms with Gasteiger partial charge in [0, 0.05) is 62.8 Å². The second-order valence-corrected chi connectivity index (χ2v) is 13.6. The summed E-state index contributed by atoms with van der Waals surface area (Å²) >= 11 is 0. The average molecular weight is 663 g/mol. The van der Waals surface area contributed by atoms with E-state index in [1.165, 1.54) is 11.0 Å². The van der Waals surface area contributed by atoms with Crippen LogP contribution in [-0.2, 0) is 4.74 Å². The summed E-state index contributed by atoms with van der Waals surface area (Å²) in [6.07, 6.45) is 10.9. The van der Waals surface area contributed by atoms with Gasteiger partial charge in [-0.05, 0) is 55.9 Å². The quantitative estimate of drug-likeness (QED) is 0.317. The molecule has 0 spiro atoms. The Bertz CT molecular complexity index is 2100. The number of aromatic nitrogens is 4. The lowest BCUT2D eigenvalue weighted by molar-refractivity contribution is 0.0794. The highest BCUT2D eigenvalue weighted by molar-refractivity contribution is 6.01. The fourth-order valence-corrected chi connectivity index (χ4v) is 8.13. The van der Waals surface area contributed by atoms with E-state index in [4.69, 9.17) is 16.1 Å². The number of nitrogens with one attached hydrogen (secondary N) is 1. The molecule has 4 aromatic rings. The highest BCUT2D eigenvalue weighted by Gasteiger charge is 2.48. The first-order valence-corrected chi connectivity index (χ1v) is 16.8. The van der Waals surface area contributed by atoms with Crippen molar-refractivity contribution in [2.24, 2.45) is 0 Å². The smallest absolute Gasteiger partial charge is 0.409 e. The first-order chi connectivity index (χ1) is 23.8.